The molecule has 1 aromatic rings. The molecule has 15 heavy (non-hydrogen) atoms. The van der Waals surface area contributed by atoms with Gasteiger partial charge in [-0.25, -0.2) is 0 Å². The van der Waals surface area contributed by atoms with Crippen LogP contribution in [0.3, 0.4) is 0 Å². The van der Waals surface area contributed by atoms with Gasteiger partial charge in [0, 0.05) is 5.56 Å². The van der Waals surface area contributed by atoms with E-state index < -0.39 is 0 Å². The SMILES string of the molecule is CC(C)(C)c1c(N)c(N)c(O)c(N)c1N. The number of nitrogens with two attached hydrogens (primary N) is 4. The molecule has 84 valence electrons. The molecule has 0 aliphatic rings. The summed E-state index contributed by atoms with van der Waals surface area (Å²) >= 11 is 0. The molecular formula is C10H18N4O. The quantitative estimate of drug-likeness (QED) is 0.323. The molecule has 0 saturated carbocycles. The zero-order valence-corrected chi connectivity index (χ0v) is 9.26. The van der Waals surface area contributed by atoms with E-state index in [1.54, 1.807) is 0 Å². The molecule has 0 fully saturated rings. The highest BCUT2D eigenvalue weighted by Crippen LogP contribution is 2.45. The molecule has 0 aromatic heterocycles. The smallest absolute Gasteiger partial charge is 0.165 e. The first-order chi connectivity index (χ1) is 6.68. The first-order valence-electron chi connectivity index (χ1n) is 4.63. The van der Waals surface area contributed by atoms with Crippen molar-refractivity contribution < 1.29 is 5.11 Å². The number of benzene rings is 1. The van der Waals surface area contributed by atoms with Crippen molar-refractivity contribution in [3.63, 3.8) is 0 Å². The monoisotopic (exact) mass is 210 g/mol. The predicted molar refractivity (Wildman–Crippen MR) is 64.5 cm³/mol. The average Bonchev–Trinajstić information content (AvgIpc) is 2.09. The summed E-state index contributed by atoms with van der Waals surface area (Å²) in [5.41, 5.74) is 24.1. The molecule has 5 heteroatoms. The molecule has 0 radical (unpaired) electrons. The second kappa shape index (κ2) is 3.12. The van der Waals surface area contributed by atoms with E-state index in [4.69, 9.17) is 22.9 Å². The molecule has 0 aliphatic heterocycles. The molecule has 0 amide bonds. The maximum atomic E-state index is 9.55. The highest BCUT2D eigenvalue weighted by Gasteiger charge is 2.25. The van der Waals surface area contributed by atoms with Crippen LogP contribution >= 0.6 is 0 Å². The molecule has 0 unspecified atom stereocenters. The number of anilines is 4. The summed E-state index contributed by atoms with van der Waals surface area (Å²) in [6.07, 6.45) is 0. The number of phenols is 1. The molecule has 0 spiro atoms. The van der Waals surface area contributed by atoms with Crippen LogP contribution in [0, 0.1) is 0 Å². The standard InChI is InChI=1S/C10H18N4O/c1-10(2,3)4-5(11)7(13)9(15)8(14)6(4)12/h15H,11-14H2,1-3H3. The molecule has 1 aromatic carbocycles. The van der Waals surface area contributed by atoms with Gasteiger partial charge in [0.25, 0.3) is 0 Å². The molecule has 9 N–H and O–H groups in total. The minimum absolute atomic E-state index is 0.0895. The summed E-state index contributed by atoms with van der Waals surface area (Å²) in [6, 6.07) is 0. The highest BCUT2D eigenvalue weighted by atomic mass is 16.3. The fraction of sp³-hybridized carbons (Fsp3) is 0.400. The Bertz CT molecular complexity index is 378. The summed E-state index contributed by atoms with van der Waals surface area (Å²) in [5, 5.41) is 9.55. The van der Waals surface area contributed by atoms with Gasteiger partial charge < -0.3 is 28.0 Å². The fourth-order valence-electron chi connectivity index (χ4n) is 1.62. The Morgan fingerprint density at radius 1 is 0.800 bits per heavy atom. The number of nitrogen functional groups attached to an aromatic ring is 4. The Morgan fingerprint density at radius 2 is 1.13 bits per heavy atom. The van der Waals surface area contributed by atoms with E-state index in [0.717, 1.165) is 0 Å². The lowest BCUT2D eigenvalue weighted by Crippen LogP contribution is -2.19. The zero-order chi connectivity index (χ0) is 12.0. The van der Waals surface area contributed by atoms with Gasteiger partial charge in [0.05, 0.1) is 22.7 Å². The largest absolute Gasteiger partial charge is 0.504 e. The van der Waals surface area contributed by atoms with Crippen molar-refractivity contribution >= 4 is 22.7 Å². The normalized spacial score (nSPS) is 11.7. The van der Waals surface area contributed by atoms with Crippen LogP contribution in [0.15, 0.2) is 0 Å². The Balaban J connectivity index is 3.68. The van der Waals surface area contributed by atoms with Gasteiger partial charge in [-0.05, 0) is 5.41 Å². The molecule has 1 rings (SSSR count). The molecule has 0 saturated heterocycles. The van der Waals surface area contributed by atoms with Gasteiger partial charge in [-0.1, -0.05) is 20.8 Å². The lowest BCUT2D eigenvalue weighted by atomic mass is 9.83. The summed E-state index contributed by atoms with van der Waals surface area (Å²) in [5.74, 6) is -0.238. The van der Waals surface area contributed by atoms with E-state index in [2.05, 4.69) is 0 Å². The summed E-state index contributed by atoms with van der Waals surface area (Å²) in [7, 11) is 0. The first-order valence-corrected chi connectivity index (χ1v) is 4.63. The van der Waals surface area contributed by atoms with Crippen molar-refractivity contribution in [3.05, 3.63) is 5.56 Å². The highest BCUT2D eigenvalue weighted by molar-refractivity contribution is 5.91. The van der Waals surface area contributed by atoms with Crippen LogP contribution in [0.2, 0.25) is 0 Å². The van der Waals surface area contributed by atoms with Gasteiger partial charge in [0.1, 0.15) is 0 Å². The van der Waals surface area contributed by atoms with Crippen LogP contribution in [0.5, 0.6) is 5.75 Å². The number of hydrogen-bond acceptors (Lipinski definition) is 5. The predicted octanol–water partition coefficient (Wildman–Crippen LogP) is 1.02. The second-order valence-corrected chi connectivity index (χ2v) is 4.63. The van der Waals surface area contributed by atoms with E-state index in [0.29, 0.717) is 16.9 Å². The van der Waals surface area contributed by atoms with Crippen LogP contribution in [0.1, 0.15) is 26.3 Å². The van der Waals surface area contributed by atoms with Gasteiger partial charge in [-0.15, -0.1) is 0 Å². The molecule has 0 bridgehead atoms. The van der Waals surface area contributed by atoms with Crippen molar-refractivity contribution in [2.45, 2.75) is 26.2 Å². The van der Waals surface area contributed by atoms with Gasteiger partial charge in [0.15, 0.2) is 5.75 Å². The minimum atomic E-state index is -0.274. The second-order valence-electron chi connectivity index (χ2n) is 4.63. The summed E-state index contributed by atoms with van der Waals surface area (Å²) < 4.78 is 0. The van der Waals surface area contributed by atoms with Crippen LogP contribution in [-0.4, -0.2) is 5.11 Å². The van der Waals surface area contributed by atoms with Crippen LogP contribution in [0.4, 0.5) is 22.7 Å². The molecule has 0 atom stereocenters. The van der Waals surface area contributed by atoms with Crippen molar-refractivity contribution in [2.24, 2.45) is 0 Å². The van der Waals surface area contributed by atoms with E-state index in [1.807, 2.05) is 20.8 Å². The van der Waals surface area contributed by atoms with Gasteiger partial charge in [-0.2, -0.15) is 0 Å². The van der Waals surface area contributed by atoms with Crippen molar-refractivity contribution in [1.29, 1.82) is 0 Å². The maximum Gasteiger partial charge on any atom is 0.165 e. The first kappa shape index (κ1) is 11.3. The number of phenolic OH excluding ortho intramolecular Hbond substituents is 1. The van der Waals surface area contributed by atoms with Crippen molar-refractivity contribution in [2.75, 3.05) is 22.9 Å². The molecular weight excluding hydrogens is 192 g/mol. The minimum Gasteiger partial charge on any atom is -0.504 e. The van der Waals surface area contributed by atoms with Crippen LogP contribution < -0.4 is 22.9 Å². The number of rotatable bonds is 0. The van der Waals surface area contributed by atoms with E-state index in [-0.39, 0.29) is 22.5 Å². The van der Waals surface area contributed by atoms with E-state index in [1.165, 1.54) is 0 Å². The summed E-state index contributed by atoms with van der Waals surface area (Å²) in [6.45, 7) is 5.85. The van der Waals surface area contributed by atoms with E-state index >= 15 is 0 Å². The number of hydrogen-bond donors (Lipinski definition) is 5. The van der Waals surface area contributed by atoms with Gasteiger partial charge in [0.2, 0.25) is 0 Å². The molecule has 0 aliphatic carbocycles. The fourth-order valence-corrected chi connectivity index (χ4v) is 1.62. The third-order valence-corrected chi connectivity index (χ3v) is 2.38. The lowest BCUT2D eigenvalue weighted by Gasteiger charge is -2.25. The number of aromatic hydroxyl groups is 1. The van der Waals surface area contributed by atoms with Crippen molar-refractivity contribution in [3.8, 4) is 5.75 Å². The van der Waals surface area contributed by atoms with Crippen LogP contribution in [-0.2, 0) is 5.41 Å². The third kappa shape index (κ3) is 1.60. The average molecular weight is 210 g/mol. The van der Waals surface area contributed by atoms with Crippen LogP contribution in [0.25, 0.3) is 0 Å². The third-order valence-electron chi connectivity index (χ3n) is 2.38. The topological polar surface area (TPSA) is 124 Å². The Labute approximate surface area is 89.0 Å². The maximum absolute atomic E-state index is 9.55. The summed E-state index contributed by atoms with van der Waals surface area (Å²) in [4.78, 5) is 0. The Kier molecular flexibility index (Phi) is 2.35. The Hall–Kier alpha value is -1.78. The van der Waals surface area contributed by atoms with Gasteiger partial charge in [-0.3, -0.25) is 0 Å². The lowest BCUT2D eigenvalue weighted by molar-refractivity contribution is 0.480. The van der Waals surface area contributed by atoms with Gasteiger partial charge >= 0.3 is 0 Å². The molecule has 0 heterocycles. The molecule has 5 nitrogen and oxygen atoms in total. The van der Waals surface area contributed by atoms with Crippen molar-refractivity contribution in [1.82, 2.24) is 0 Å². The zero-order valence-electron chi connectivity index (χ0n) is 9.26. The van der Waals surface area contributed by atoms with E-state index in [9.17, 15) is 5.11 Å². The Morgan fingerprint density at radius 3 is 1.40 bits per heavy atom.